The smallest absolute Gasteiger partial charge is 0.0501 e. The van der Waals surface area contributed by atoms with E-state index in [-0.39, 0.29) is 0 Å². The molecule has 3 radical (unpaired) electrons. The van der Waals surface area contributed by atoms with E-state index in [0.717, 1.165) is 13.2 Å². The maximum absolute atomic E-state index is 5.03. The molecular weight excluding hydrogens is 330 g/mol. The predicted molar refractivity (Wildman–Crippen MR) is 105 cm³/mol. The van der Waals surface area contributed by atoms with E-state index in [4.69, 9.17) is 9.05 Å². The Morgan fingerprint density at radius 3 is 1.52 bits per heavy atom. The summed E-state index contributed by atoms with van der Waals surface area (Å²) in [7, 11) is 7.39. The molecule has 0 aromatic heterocycles. The van der Waals surface area contributed by atoms with Gasteiger partial charge in [-0.15, -0.1) is 0 Å². The molecule has 0 N–H and O–H groups in total. The van der Waals surface area contributed by atoms with E-state index in [9.17, 15) is 0 Å². The van der Waals surface area contributed by atoms with Crippen molar-refractivity contribution in [3.63, 3.8) is 0 Å². The van der Waals surface area contributed by atoms with Gasteiger partial charge in [0.05, 0.1) is 21.3 Å². The van der Waals surface area contributed by atoms with Gasteiger partial charge in [-0.2, -0.15) is 0 Å². The van der Waals surface area contributed by atoms with Crippen molar-refractivity contribution in [2.24, 2.45) is 0 Å². The summed E-state index contributed by atoms with van der Waals surface area (Å²) in [5.41, 5.74) is 0. The predicted octanol–water partition coefficient (Wildman–Crippen LogP) is 5.39. The Labute approximate surface area is 141 Å². The zero-order valence-corrected chi connectivity index (χ0v) is 18.2. The first-order valence-electron chi connectivity index (χ1n) is 8.46. The van der Waals surface area contributed by atoms with Crippen LogP contribution in [0.1, 0.15) is 51.4 Å². The fraction of sp³-hybridized carbons (Fsp3) is 1.00. The van der Waals surface area contributed by atoms with Gasteiger partial charge in [0.1, 0.15) is 0 Å². The van der Waals surface area contributed by atoms with E-state index in [1.807, 2.05) is 0 Å². The first-order chi connectivity index (χ1) is 10.2. The van der Waals surface area contributed by atoms with Crippen molar-refractivity contribution < 1.29 is 9.05 Å². The molecule has 0 saturated carbocycles. The van der Waals surface area contributed by atoms with Crippen LogP contribution in [0, 0.1) is 0 Å². The summed E-state index contributed by atoms with van der Waals surface area (Å²) in [5, 5.41) is 0. The largest absolute Gasteiger partial charge is 0.366 e. The van der Waals surface area contributed by atoms with Gasteiger partial charge >= 0.3 is 0 Å². The Kier molecular flexibility index (Phi) is 17.0. The van der Waals surface area contributed by atoms with Gasteiger partial charge in [-0.05, 0) is 12.8 Å². The third-order valence-electron chi connectivity index (χ3n) is 4.31. The molecule has 0 amide bonds. The third kappa shape index (κ3) is 14.5. The lowest BCUT2D eigenvalue weighted by Crippen LogP contribution is -2.29. The van der Waals surface area contributed by atoms with Gasteiger partial charge in [0.2, 0.25) is 0 Å². The Balaban J connectivity index is 3.73. The second-order valence-corrected chi connectivity index (χ2v) is 12.7. The molecule has 2 nitrogen and oxygen atoms in total. The molecular formula is C15H35O2P2Si2. The van der Waals surface area contributed by atoms with Gasteiger partial charge in [0.15, 0.2) is 0 Å². The molecule has 6 heteroatoms. The van der Waals surface area contributed by atoms with Gasteiger partial charge in [0.25, 0.3) is 0 Å². The van der Waals surface area contributed by atoms with Crippen molar-refractivity contribution in [2.45, 2.75) is 82.1 Å². The second-order valence-electron chi connectivity index (χ2n) is 6.38. The second kappa shape index (κ2) is 16.1. The van der Waals surface area contributed by atoms with Crippen LogP contribution in [-0.4, -0.2) is 31.5 Å². The molecule has 2 atom stereocenters. The molecule has 0 aromatic carbocycles. The lowest BCUT2D eigenvalue weighted by atomic mass is 10.2. The van der Waals surface area contributed by atoms with Crippen LogP contribution >= 0.6 is 18.9 Å². The molecule has 0 rings (SSSR count). The number of hydrogen-bond acceptors (Lipinski definition) is 2. The van der Waals surface area contributed by atoms with Crippen LogP contribution in [0.15, 0.2) is 0 Å². The molecule has 21 heavy (non-hydrogen) atoms. The normalized spacial score (nSPS) is 12.0. The van der Waals surface area contributed by atoms with E-state index in [0.29, 0.717) is 0 Å². The highest BCUT2D eigenvalue weighted by Crippen LogP contribution is 2.28. The first kappa shape index (κ1) is 22.2. The monoisotopic (exact) mass is 365 g/mol. The van der Waals surface area contributed by atoms with Crippen LogP contribution in [0.5, 0.6) is 0 Å². The summed E-state index contributed by atoms with van der Waals surface area (Å²) in [6.45, 7) is 4.39. The van der Waals surface area contributed by atoms with Crippen LogP contribution in [0.25, 0.3) is 0 Å². The summed E-state index contributed by atoms with van der Waals surface area (Å²) in [6.07, 6.45) is 10.7. The Morgan fingerprint density at radius 2 is 1.14 bits per heavy atom. The van der Waals surface area contributed by atoms with E-state index >= 15 is 0 Å². The zero-order valence-electron chi connectivity index (χ0n) is 13.9. The molecule has 0 bridgehead atoms. The maximum atomic E-state index is 5.03. The Bertz CT molecular complexity index is 206. The molecule has 0 spiro atoms. The Morgan fingerprint density at radius 1 is 0.714 bits per heavy atom. The summed E-state index contributed by atoms with van der Waals surface area (Å²) in [6, 6.07) is 5.64. The fourth-order valence-electron chi connectivity index (χ4n) is 2.86. The average molecular weight is 366 g/mol. The van der Waals surface area contributed by atoms with Gasteiger partial charge in [-0.3, -0.25) is 0 Å². The number of hydrogen-bond donors (Lipinski definition) is 0. The molecule has 0 aliphatic rings. The summed E-state index contributed by atoms with van der Waals surface area (Å²) >= 11 is 0. The number of unbranched alkanes of at least 4 members (excludes halogenated alkanes) is 6. The molecule has 125 valence electrons. The fourth-order valence-corrected chi connectivity index (χ4v) is 8.56. The highest BCUT2D eigenvalue weighted by Gasteiger charge is 2.24. The van der Waals surface area contributed by atoms with E-state index < -0.39 is 8.07 Å². The average Bonchev–Trinajstić information content (AvgIpc) is 2.47. The quantitative estimate of drug-likeness (QED) is 0.207. The first-order valence-corrected chi connectivity index (χ1v) is 13.2. The van der Waals surface area contributed by atoms with Gasteiger partial charge in [0, 0.05) is 29.2 Å². The topological polar surface area (TPSA) is 18.5 Å². The van der Waals surface area contributed by atoms with Crippen LogP contribution in [0.3, 0.4) is 0 Å². The van der Waals surface area contributed by atoms with Crippen LogP contribution < -0.4 is 0 Å². The van der Waals surface area contributed by atoms with Crippen molar-refractivity contribution in [2.75, 3.05) is 13.2 Å². The van der Waals surface area contributed by atoms with Gasteiger partial charge in [-0.25, -0.2) is 0 Å². The summed E-state index contributed by atoms with van der Waals surface area (Å²) in [5.74, 6) is 0. The highest BCUT2D eigenvalue weighted by molar-refractivity contribution is 7.10. The molecule has 0 aromatic rings. The zero-order chi connectivity index (χ0) is 15.8. The van der Waals surface area contributed by atoms with E-state index in [2.05, 4.69) is 35.7 Å². The minimum absolute atomic E-state index is 0.889. The van der Waals surface area contributed by atoms with Crippen molar-refractivity contribution in [1.82, 2.24) is 0 Å². The van der Waals surface area contributed by atoms with Crippen molar-refractivity contribution in [3.05, 3.63) is 0 Å². The molecule has 2 unspecified atom stereocenters. The molecule has 0 aliphatic heterocycles. The van der Waals surface area contributed by atoms with E-state index in [1.165, 1.54) is 75.5 Å². The van der Waals surface area contributed by atoms with Crippen LogP contribution in [0.4, 0.5) is 0 Å². The molecule has 0 heterocycles. The highest BCUT2D eigenvalue weighted by atomic mass is 31.0. The molecule has 0 saturated heterocycles. The lowest BCUT2D eigenvalue weighted by Gasteiger charge is -2.27. The van der Waals surface area contributed by atoms with Gasteiger partial charge in [-0.1, -0.05) is 69.2 Å². The van der Waals surface area contributed by atoms with Crippen molar-refractivity contribution in [1.29, 1.82) is 0 Å². The van der Waals surface area contributed by atoms with E-state index in [1.54, 1.807) is 0 Å². The lowest BCUT2D eigenvalue weighted by molar-refractivity contribution is 0.354. The molecule has 0 aliphatic carbocycles. The SMILES string of the molecule is C[Si](CC[Si])(CCCCCCOP)CCCCCCOP. The summed E-state index contributed by atoms with van der Waals surface area (Å²) < 4.78 is 10.1. The molecule has 0 fully saturated rings. The van der Waals surface area contributed by atoms with Crippen LogP contribution in [-0.2, 0) is 9.05 Å². The Hall–Kier alpha value is 1.21. The van der Waals surface area contributed by atoms with Gasteiger partial charge < -0.3 is 9.05 Å². The minimum atomic E-state index is -1.01. The number of rotatable bonds is 16. The minimum Gasteiger partial charge on any atom is -0.366 e. The maximum Gasteiger partial charge on any atom is 0.0501 e. The van der Waals surface area contributed by atoms with Crippen molar-refractivity contribution in [3.8, 4) is 0 Å². The van der Waals surface area contributed by atoms with Crippen LogP contribution in [0.2, 0.25) is 30.7 Å². The summed E-state index contributed by atoms with van der Waals surface area (Å²) in [4.78, 5) is 0. The standard InChI is InChI=1S/C15H35O2P2Si2/c1-21(15-12-20,13-8-4-2-6-10-16-18)14-9-5-3-7-11-17-19/h2-15,18-19H2,1H3. The third-order valence-corrected chi connectivity index (χ3v) is 10.1. The van der Waals surface area contributed by atoms with Crippen molar-refractivity contribution >= 4 is 37.2 Å².